The van der Waals surface area contributed by atoms with E-state index in [1.165, 1.54) is 0 Å². The Hall–Kier alpha value is -3.17. The van der Waals surface area contributed by atoms with E-state index in [0.717, 1.165) is 58.4 Å². The number of fused-ring (bicyclic) bond motifs is 2. The summed E-state index contributed by atoms with van der Waals surface area (Å²) in [5.41, 5.74) is 3.24. The average Bonchev–Trinajstić information content (AvgIpc) is 3.32. The summed E-state index contributed by atoms with van der Waals surface area (Å²) in [6.07, 6.45) is 0.216. The first-order valence-electron chi connectivity index (χ1n) is 10.3. The van der Waals surface area contributed by atoms with Crippen molar-refractivity contribution < 1.29 is 9.53 Å². The molecule has 1 aliphatic rings. The first-order chi connectivity index (χ1) is 15.1. The minimum atomic E-state index is -0.128. The molecular formula is C22H23N5O3S. The van der Waals surface area contributed by atoms with Crippen LogP contribution in [-0.4, -0.2) is 46.3 Å². The predicted molar refractivity (Wildman–Crippen MR) is 123 cm³/mol. The third-order valence-electron chi connectivity index (χ3n) is 5.56. The fourth-order valence-electron chi connectivity index (χ4n) is 3.90. The standard InChI is InChI=1S/C22H23N5O3S/c1-25-17-4-2-3-5-18(17)27(22(25)29)9-8-20(28)23-15-6-7-16-19(14-15)31-21(24-16)26-10-12-30-13-11-26/h2-7,14H,8-13H2,1H3,(H,23,28). The van der Waals surface area contributed by atoms with Crippen LogP contribution >= 0.6 is 11.3 Å². The zero-order chi connectivity index (χ0) is 21.4. The first-order valence-corrected chi connectivity index (χ1v) is 11.1. The lowest BCUT2D eigenvalue weighted by Crippen LogP contribution is -2.36. The van der Waals surface area contributed by atoms with Crippen LogP contribution in [0.3, 0.4) is 0 Å². The van der Waals surface area contributed by atoms with Gasteiger partial charge in [0.05, 0.1) is 34.5 Å². The molecule has 0 bridgehead atoms. The van der Waals surface area contributed by atoms with Gasteiger partial charge in [0.2, 0.25) is 5.91 Å². The van der Waals surface area contributed by atoms with E-state index in [0.29, 0.717) is 6.54 Å². The van der Waals surface area contributed by atoms with E-state index in [2.05, 4.69) is 10.2 Å². The number of imidazole rings is 1. The van der Waals surface area contributed by atoms with Gasteiger partial charge in [0.25, 0.3) is 0 Å². The number of nitrogens with zero attached hydrogens (tertiary/aromatic N) is 4. The Bertz CT molecular complexity index is 1320. The monoisotopic (exact) mass is 437 g/mol. The second-order valence-corrected chi connectivity index (χ2v) is 8.57. The van der Waals surface area contributed by atoms with Crippen molar-refractivity contribution in [2.45, 2.75) is 13.0 Å². The number of anilines is 2. The molecule has 0 spiro atoms. The van der Waals surface area contributed by atoms with E-state index in [4.69, 9.17) is 9.72 Å². The number of benzene rings is 2. The van der Waals surface area contributed by atoms with Gasteiger partial charge in [0.15, 0.2) is 5.13 Å². The number of aromatic nitrogens is 3. The van der Waals surface area contributed by atoms with Crippen LogP contribution in [-0.2, 0) is 23.1 Å². The number of aryl methyl sites for hydroxylation is 2. The molecule has 160 valence electrons. The van der Waals surface area contributed by atoms with Crippen LogP contribution in [0.25, 0.3) is 21.3 Å². The summed E-state index contributed by atoms with van der Waals surface area (Å²) in [7, 11) is 1.75. The van der Waals surface area contributed by atoms with Crippen molar-refractivity contribution in [2.75, 3.05) is 36.5 Å². The van der Waals surface area contributed by atoms with Crippen LogP contribution in [0.4, 0.5) is 10.8 Å². The number of hydrogen-bond acceptors (Lipinski definition) is 6. The van der Waals surface area contributed by atoms with E-state index >= 15 is 0 Å². The minimum absolute atomic E-state index is 0.115. The number of hydrogen-bond donors (Lipinski definition) is 1. The molecule has 0 radical (unpaired) electrons. The molecule has 2 aromatic heterocycles. The molecule has 1 saturated heterocycles. The number of nitrogens with one attached hydrogen (secondary N) is 1. The van der Waals surface area contributed by atoms with Gasteiger partial charge in [-0.25, -0.2) is 9.78 Å². The number of thiazole rings is 1. The lowest BCUT2D eigenvalue weighted by Gasteiger charge is -2.25. The van der Waals surface area contributed by atoms with Crippen molar-refractivity contribution in [3.05, 3.63) is 52.9 Å². The normalized spacial score (nSPS) is 14.4. The van der Waals surface area contributed by atoms with Crippen LogP contribution in [0.5, 0.6) is 0 Å². The second kappa shape index (κ2) is 8.16. The summed E-state index contributed by atoms with van der Waals surface area (Å²) in [5.74, 6) is -0.128. The molecule has 0 aliphatic carbocycles. The Balaban J connectivity index is 1.28. The average molecular weight is 438 g/mol. The number of ether oxygens (including phenoxy) is 1. The van der Waals surface area contributed by atoms with E-state index in [9.17, 15) is 9.59 Å². The topological polar surface area (TPSA) is 81.4 Å². The second-order valence-electron chi connectivity index (χ2n) is 7.56. The van der Waals surface area contributed by atoms with Crippen molar-refractivity contribution in [1.29, 1.82) is 0 Å². The molecule has 1 amide bonds. The molecular weight excluding hydrogens is 414 g/mol. The summed E-state index contributed by atoms with van der Waals surface area (Å²) in [6.45, 7) is 3.46. The molecule has 5 rings (SSSR count). The Morgan fingerprint density at radius 1 is 1.16 bits per heavy atom. The van der Waals surface area contributed by atoms with Crippen molar-refractivity contribution in [3.8, 4) is 0 Å². The summed E-state index contributed by atoms with van der Waals surface area (Å²) < 4.78 is 9.70. The summed E-state index contributed by atoms with van der Waals surface area (Å²) >= 11 is 1.62. The number of carbonyl (C=O) groups is 1. The Morgan fingerprint density at radius 3 is 2.74 bits per heavy atom. The van der Waals surface area contributed by atoms with E-state index in [-0.39, 0.29) is 18.0 Å². The lowest BCUT2D eigenvalue weighted by atomic mass is 10.2. The molecule has 4 aromatic rings. The molecule has 1 N–H and O–H groups in total. The molecule has 2 aromatic carbocycles. The number of amides is 1. The highest BCUT2D eigenvalue weighted by atomic mass is 32.1. The van der Waals surface area contributed by atoms with Crippen molar-refractivity contribution >= 4 is 49.3 Å². The first kappa shape index (κ1) is 19.8. The van der Waals surface area contributed by atoms with Crippen molar-refractivity contribution in [1.82, 2.24) is 14.1 Å². The molecule has 31 heavy (non-hydrogen) atoms. The van der Waals surface area contributed by atoms with Crippen LogP contribution in [0.15, 0.2) is 47.3 Å². The lowest BCUT2D eigenvalue weighted by molar-refractivity contribution is -0.116. The zero-order valence-corrected chi connectivity index (χ0v) is 18.0. The van der Waals surface area contributed by atoms with E-state index < -0.39 is 0 Å². The van der Waals surface area contributed by atoms with Gasteiger partial charge in [0.1, 0.15) is 0 Å². The maximum atomic E-state index is 12.6. The molecule has 0 saturated carbocycles. The number of rotatable bonds is 5. The molecule has 3 heterocycles. The number of carbonyl (C=O) groups excluding carboxylic acids is 1. The van der Waals surface area contributed by atoms with Gasteiger partial charge < -0.3 is 15.0 Å². The fourth-order valence-corrected chi connectivity index (χ4v) is 4.95. The Labute approximate surface area is 182 Å². The van der Waals surface area contributed by atoms with E-state index in [1.54, 1.807) is 27.5 Å². The molecule has 8 nitrogen and oxygen atoms in total. The van der Waals surface area contributed by atoms with Gasteiger partial charge in [-0.2, -0.15) is 0 Å². The maximum absolute atomic E-state index is 12.6. The summed E-state index contributed by atoms with van der Waals surface area (Å²) in [6, 6.07) is 13.4. The molecule has 1 aliphatic heterocycles. The smallest absolute Gasteiger partial charge is 0.328 e. The minimum Gasteiger partial charge on any atom is -0.378 e. The van der Waals surface area contributed by atoms with Crippen molar-refractivity contribution in [3.63, 3.8) is 0 Å². The van der Waals surface area contributed by atoms with Gasteiger partial charge >= 0.3 is 5.69 Å². The highest BCUT2D eigenvalue weighted by Gasteiger charge is 2.16. The van der Waals surface area contributed by atoms with Crippen LogP contribution in [0.1, 0.15) is 6.42 Å². The maximum Gasteiger partial charge on any atom is 0.328 e. The van der Waals surface area contributed by atoms with E-state index in [1.807, 2.05) is 42.5 Å². The van der Waals surface area contributed by atoms with Crippen molar-refractivity contribution in [2.24, 2.45) is 7.05 Å². The Kier molecular flexibility index (Phi) is 5.21. The van der Waals surface area contributed by atoms with Crippen LogP contribution in [0, 0.1) is 0 Å². The van der Waals surface area contributed by atoms with Gasteiger partial charge in [0, 0.05) is 38.8 Å². The molecule has 1 fully saturated rings. The summed E-state index contributed by atoms with van der Waals surface area (Å²) in [4.78, 5) is 32.0. The number of morpholine rings is 1. The third-order valence-corrected chi connectivity index (χ3v) is 6.64. The fraction of sp³-hybridized carbons (Fsp3) is 0.318. The molecule has 9 heteroatoms. The van der Waals surface area contributed by atoms with Gasteiger partial charge in [-0.05, 0) is 30.3 Å². The third kappa shape index (κ3) is 3.82. The van der Waals surface area contributed by atoms with Gasteiger partial charge in [-0.15, -0.1) is 0 Å². The Morgan fingerprint density at radius 2 is 1.94 bits per heavy atom. The zero-order valence-electron chi connectivity index (χ0n) is 17.2. The van der Waals surface area contributed by atoms with Gasteiger partial charge in [-0.3, -0.25) is 13.9 Å². The van der Waals surface area contributed by atoms with Crippen LogP contribution in [0.2, 0.25) is 0 Å². The highest BCUT2D eigenvalue weighted by molar-refractivity contribution is 7.22. The van der Waals surface area contributed by atoms with Crippen LogP contribution < -0.4 is 15.9 Å². The number of para-hydroxylation sites is 2. The molecule has 0 atom stereocenters. The molecule has 0 unspecified atom stereocenters. The largest absolute Gasteiger partial charge is 0.378 e. The highest BCUT2D eigenvalue weighted by Crippen LogP contribution is 2.31. The predicted octanol–water partition coefficient (Wildman–Crippen LogP) is 2.82. The quantitative estimate of drug-likeness (QED) is 0.519. The summed E-state index contributed by atoms with van der Waals surface area (Å²) in [5, 5.41) is 3.94. The SMILES string of the molecule is Cn1c(=O)n(CCC(=O)Nc2ccc3nc(N4CCOCC4)sc3c2)c2ccccc21. The van der Waals surface area contributed by atoms with Gasteiger partial charge in [-0.1, -0.05) is 23.5 Å².